The first-order chi connectivity index (χ1) is 5.38. The van der Waals surface area contributed by atoms with E-state index >= 15 is 0 Å². The molecular formula is C9H9NO. The lowest BCUT2D eigenvalue weighted by Gasteiger charge is -2.20. The van der Waals surface area contributed by atoms with Crippen LogP contribution in [0.2, 0.25) is 0 Å². The van der Waals surface area contributed by atoms with Crippen LogP contribution in [0.3, 0.4) is 0 Å². The van der Waals surface area contributed by atoms with Crippen molar-refractivity contribution in [3.05, 3.63) is 35.9 Å². The molecule has 1 N–H and O–H groups in total. The molecule has 1 aliphatic heterocycles. The van der Waals surface area contributed by atoms with E-state index in [4.69, 9.17) is 0 Å². The van der Waals surface area contributed by atoms with Gasteiger partial charge in [-0.1, -0.05) is 30.4 Å². The zero-order valence-electron chi connectivity index (χ0n) is 6.07. The third-order valence-corrected chi connectivity index (χ3v) is 1.79. The number of nitrogens with zero attached hydrogens (tertiary/aromatic N) is 1. The topological polar surface area (TPSA) is 23.5 Å². The number of rotatable bonds is 0. The first kappa shape index (κ1) is 6.43. The van der Waals surface area contributed by atoms with Crippen LogP contribution in [0.4, 0.5) is 5.69 Å². The zero-order valence-corrected chi connectivity index (χ0v) is 6.07. The Morgan fingerprint density at radius 1 is 1.27 bits per heavy atom. The summed E-state index contributed by atoms with van der Waals surface area (Å²) in [7, 11) is 0. The van der Waals surface area contributed by atoms with Gasteiger partial charge in [-0.25, -0.2) is 0 Å². The second-order valence-corrected chi connectivity index (χ2v) is 2.54. The molecule has 11 heavy (non-hydrogen) atoms. The fourth-order valence-electron chi connectivity index (χ4n) is 1.24. The summed E-state index contributed by atoms with van der Waals surface area (Å²) in [4.78, 5) is 0. The number of anilines is 1. The van der Waals surface area contributed by atoms with Crippen LogP contribution in [-0.4, -0.2) is 11.8 Å². The second kappa shape index (κ2) is 2.40. The number of para-hydroxylation sites is 1. The summed E-state index contributed by atoms with van der Waals surface area (Å²) in [5, 5.41) is 10.6. The lowest BCUT2D eigenvalue weighted by Crippen LogP contribution is -2.20. The number of hydrogen-bond acceptors (Lipinski definition) is 2. The van der Waals surface area contributed by atoms with Crippen LogP contribution in [-0.2, 0) is 0 Å². The van der Waals surface area contributed by atoms with E-state index in [0.717, 1.165) is 11.3 Å². The summed E-state index contributed by atoms with van der Waals surface area (Å²) in [5.74, 6) is 0. The molecule has 0 bridgehead atoms. The van der Waals surface area contributed by atoms with E-state index in [0.29, 0.717) is 6.54 Å². The van der Waals surface area contributed by atoms with E-state index in [1.54, 1.807) is 0 Å². The Morgan fingerprint density at radius 2 is 2.09 bits per heavy atom. The average molecular weight is 147 g/mol. The minimum Gasteiger partial charge on any atom is -0.288 e. The van der Waals surface area contributed by atoms with Crippen LogP contribution in [0, 0.1) is 0 Å². The van der Waals surface area contributed by atoms with Crippen molar-refractivity contribution in [1.29, 1.82) is 0 Å². The van der Waals surface area contributed by atoms with E-state index in [9.17, 15) is 5.21 Å². The van der Waals surface area contributed by atoms with Crippen molar-refractivity contribution in [2.45, 2.75) is 0 Å². The van der Waals surface area contributed by atoms with Crippen molar-refractivity contribution in [2.75, 3.05) is 11.6 Å². The maximum Gasteiger partial charge on any atom is 0.0710 e. The van der Waals surface area contributed by atoms with E-state index < -0.39 is 0 Å². The van der Waals surface area contributed by atoms with Crippen LogP contribution >= 0.6 is 0 Å². The lowest BCUT2D eigenvalue weighted by molar-refractivity contribution is 0.265. The summed E-state index contributed by atoms with van der Waals surface area (Å²) in [6.45, 7) is 0.580. The Bertz CT molecular complexity index is 293. The molecule has 0 aromatic heterocycles. The molecule has 1 aromatic rings. The van der Waals surface area contributed by atoms with E-state index in [1.165, 1.54) is 5.06 Å². The van der Waals surface area contributed by atoms with Crippen molar-refractivity contribution in [2.24, 2.45) is 0 Å². The van der Waals surface area contributed by atoms with E-state index in [-0.39, 0.29) is 0 Å². The monoisotopic (exact) mass is 147 g/mol. The predicted octanol–water partition coefficient (Wildman–Crippen LogP) is 1.91. The van der Waals surface area contributed by atoms with Crippen molar-refractivity contribution >= 4 is 11.8 Å². The average Bonchev–Trinajstić information content (AvgIpc) is 2.06. The fraction of sp³-hybridized carbons (Fsp3) is 0.111. The Morgan fingerprint density at radius 3 is 2.91 bits per heavy atom. The first-order valence-corrected chi connectivity index (χ1v) is 3.60. The van der Waals surface area contributed by atoms with Gasteiger partial charge in [-0.3, -0.25) is 10.3 Å². The molecule has 0 fully saturated rings. The third kappa shape index (κ3) is 1.01. The van der Waals surface area contributed by atoms with E-state index in [1.807, 2.05) is 36.4 Å². The van der Waals surface area contributed by atoms with Crippen LogP contribution in [0.5, 0.6) is 0 Å². The van der Waals surface area contributed by atoms with Gasteiger partial charge in [-0.2, -0.15) is 0 Å². The minimum absolute atomic E-state index is 0.580. The first-order valence-electron chi connectivity index (χ1n) is 3.60. The summed E-state index contributed by atoms with van der Waals surface area (Å²) in [6.07, 6.45) is 3.95. The Balaban J connectivity index is 2.54. The Labute approximate surface area is 65.3 Å². The Kier molecular flexibility index (Phi) is 1.40. The fourth-order valence-corrected chi connectivity index (χ4v) is 1.24. The second-order valence-electron chi connectivity index (χ2n) is 2.54. The maximum atomic E-state index is 9.34. The molecule has 0 radical (unpaired) electrons. The lowest BCUT2D eigenvalue weighted by atomic mass is 10.1. The highest BCUT2D eigenvalue weighted by molar-refractivity contribution is 5.69. The standard InChI is InChI=1S/C9H9NO/c11-10-7-3-5-8-4-1-2-6-9(8)10/h1-6,11H,7H2. The summed E-state index contributed by atoms with van der Waals surface area (Å²) >= 11 is 0. The third-order valence-electron chi connectivity index (χ3n) is 1.79. The molecule has 0 saturated heterocycles. The van der Waals surface area contributed by atoms with Gasteiger partial charge in [-0.05, 0) is 11.6 Å². The number of hydroxylamine groups is 1. The Hall–Kier alpha value is -1.28. The largest absolute Gasteiger partial charge is 0.288 e. The summed E-state index contributed by atoms with van der Waals surface area (Å²) in [6, 6.07) is 7.76. The highest BCUT2D eigenvalue weighted by atomic mass is 16.5. The molecule has 1 heterocycles. The molecule has 2 heteroatoms. The molecule has 2 rings (SSSR count). The molecule has 0 atom stereocenters. The maximum absolute atomic E-state index is 9.34. The molecular weight excluding hydrogens is 138 g/mol. The van der Waals surface area contributed by atoms with Gasteiger partial charge in [0, 0.05) is 0 Å². The highest BCUT2D eigenvalue weighted by Gasteiger charge is 2.08. The van der Waals surface area contributed by atoms with Gasteiger partial charge in [0.2, 0.25) is 0 Å². The summed E-state index contributed by atoms with van der Waals surface area (Å²) < 4.78 is 0. The van der Waals surface area contributed by atoms with Gasteiger partial charge >= 0.3 is 0 Å². The summed E-state index contributed by atoms with van der Waals surface area (Å²) in [5.41, 5.74) is 1.95. The van der Waals surface area contributed by atoms with Gasteiger partial charge < -0.3 is 0 Å². The highest BCUT2D eigenvalue weighted by Crippen LogP contribution is 2.23. The van der Waals surface area contributed by atoms with Gasteiger partial charge in [0.25, 0.3) is 0 Å². The van der Waals surface area contributed by atoms with Gasteiger partial charge in [-0.15, -0.1) is 0 Å². The number of hydrogen-bond donors (Lipinski definition) is 1. The number of fused-ring (bicyclic) bond motifs is 1. The normalized spacial score (nSPS) is 14.8. The predicted molar refractivity (Wildman–Crippen MR) is 44.6 cm³/mol. The minimum atomic E-state index is 0.580. The smallest absolute Gasteiger partial charge is 0.0710 e. The van der Waals surface area contributed by atoms with Crippen LogP contribution in [0.25, 0.3) is 6.08 Å². The molecule has 0 saturated carbocycles. The molecule has 1 aliphatic rings. The zero-order chi connectivity index (χ0) is 7.68. The molecule has 56 valence electrons. The molecule has 2 nitrogen and oxygen atoms in total. The van der Waals surface area contributed by atoms with Crippen LogP contribution in [0.1, 0.15) is 5.56 Å². The van der Waals surface area contributed by atoms with Crippen molar-refractivity contribution in [3.8, 4) is 0 Å². The van der Waals surface area contributed by atoms with Crippen molar-refractivity contribution < 1.29 is 5.21 Å². The van der Waals surface area contributed by atoms with Gasteiger partial charge in [0.05, 0.1) is 12.2 Å². The molecule has 0 spiro atoms. The molecule has 0 unspecified atom stereocenters. The SMILES string of the molecule is ON1CC=Cc2ccccc21. The van der Waals surface area contributed by atoms with Crippen LogP contribution in [0.15, 0.2) is 30.3 Å². The number of benzene rings is 1. The van der Waals surface area contributed by atoms with Crippen molar-refractivity contribution in [1.82, 2.24) is 0 Å². The molecule has 0 aliphatic carbocycles. The van der Waals surface area contributed by atoms with Crippen LogP contribution < -0.4 is 5.06 Å². The molecule has 1 aromatic carbocycles. The quantitative estimate of drug-likeness (QED) is 0.606. The molecule has 0 amide bonds. The van der Waals surface area contributed by atoms with Crippen molar-refractivity contribution in [3.63, 3.8) is 0 Å². The van der Waals surface area contributed by atoms with Gasteiger partial charge in [0.15, 0.2) is 0 Å². The van der Waals surface area contributed by atoms with Gasteiger partial charge in [0.1, 0.15) is 0 Å². The van der Waals surface area contributed by atoms with E-state index in [2.05, 4.69) is 0 Å².